The van der Waals surface area contributed by atoms with Crippen molar-refractivity contribution in [1.82, 2.24) is 34.0 Å². The highest BCUT2D eigenvalue weighted by molar-refractivity contribution is 5.93. The number of ether oxygens (including phenoxy) is 1. The van der Waals surface area contributed by atoms with E-state index in [2.05, 4.69) is 15.1 Å². The normalized spacial score (nSPS) is 21.2. The number of carboxylic acids is 1. The fourth-order valence-electron chi connectivity index (χ4n) is 5.87. The first-order chi connectivity index (χ1) is 19.2. The van der Waals surface area contributed by atoms with Crippen molar-refractivity contribution in [2.75, 3.05) is 13.7 Å². The largest absolute Gasteiger partial charge is 0.480 e. The lowest BCUT2D eigenvalue weighted by Crippen LogP contribution is -2.44. The molecule has 0 radical (unpaired) electrons. The van der Waals surface area contributed by atoms with Crippen LogP contribution in [0, 0.1) is 12.3 Å². The summed E-state index contributed by atoms with van der Waals surface area (Å²) in [7, 11) is 1.61. The van der Waals surface area contributed by atoms with E-state index >= 15 is 0 Å². The van der Waals surface area contributed by atoms with Gasteiger partial charge in [0.25, 0.3) is 0 Å². The van der Waals surface area contributed by atoms with Crippen molar-refractivity contribution in [1.29, 1.82) is 0 Å². The number of halogens is 2. The molecule has 1 aliphatic heterocycles. The zero-order valence-corrected chi connectivity index (χ0v) is 21.9. The summed E-state index contributed by atoms with van der Waals surface area (Å²) in [6.07, 6.45) is 8.87. The standard InChI is InChI=1S/C27H27F2N7O4/c1-15-19(3-4-21(32-15)17-10-30-26-33-18(14-40-2)13-34(26)12-17)20-8-27(20)5-6-35(24(27)39)22(23(37)38)7-16-9-31-36(11-16)25(28)29/h3-4,9-13,20,22,25H,5-8,14H2,1-2H3,(H,37,38)/t20-,22-,27+/m1/s1. The molecule has 5 heterocycles. The SMILES string of the molecule is COCc1cn2cc(-c3ccc([C@H]4C[C@@]45CCN([C@H](Cc4cnn(C(F)F)c4)C(=O)O)C5=O)c(C)n3)cnc2n1. The van der Waals surface area contributed by atoms with Gasteiger partial charge in [-0.25, -0.2) is 19.4 Å². The Kier molecular flexibility index (Phi) is 6.32. The number of nitrogens with zero attached hydrogens (tertiary/aromatic N) is 7. The van der Waals surface area contributed by atoms with Crippen LogP contribution in [0.2, 0.25) is 0 Å². The zero-order valence-electron chi connectivity index (χ0n) is 21.9. The average Bonchev–Trinajstić information content (AvgIpc) is 3.20. The van der Waals surface area contributed by atoms with Crippen LogP contribution in [0.15, 0.2) is 43.1 Å². The number of carbonyl (C=O) groups excluding carboxylic acids is 1. The highest BCUT2D eigenvalue weighted by Gasteiger charge is 2.65. The number of aromatic nitrogens is 6. The van der Waals surface area contributed by atoms with Gasteiger partial charge in [-0.2, -0.15) is 13.9 Å². The van der Waals surface area contributed by atoms with E-state index in [0.29, 0.717) is 42.0 Å². The zero-order chi connectivity index (χ0) is 28.2. The van der Waals surface area contributed by atoms with Crippen molar-refractivity contribution in [2.45, 2.75) is 51.3 Å². The number of aliphatic carboxylic acids is 1. The lowest BCUT2D eigenvalue weighted by Gasteiger charge is -2.24. The summed E-state index contributed by atoms with van der Waals surface area (Å²) < 4.78 is 33.2. The Bertz CT molecular complexity index is 1620. The smallest absolute Gasteiger partial charge is 0.333 e. The van der Waals surface area contributed by atoms with Gasteiger partial charge in [0.1, 0.15) is 6.04 Å². The molecule has 11 nitrogen and oxygen atoms in total. The van der Waals surface area contributed by atoms with Crippen LogP contribution in [0.5, 0.6) is 0 Å². The van der Waals surface area contributed by atoms with E-state index < -0.39 is 24.0 Å². The van der Waals surface area contributed by atoms with E-state index in [1.165, 1.54) is 11.1 Å². The number of carboxylic acid groups (broad SMARTS) is 1. The summed E-state index contributed by atoms with van der Waals surface area (Å²) in [5, 5.41) is 13.5. The minimum atomic E-state index is -2.82. The van der Waals surface area contributed by atoms with Gasteiger partial charge < -0.3 is 14.7 Å². The van der Waals surface area contributed by atoms with Gasteiger partial charge in [-0.15, -0.1) is 0 Å². The Morgan fingerprint density at radius 3 is 2.75 bits per heavy atom. The summed E-state index contributed by atoms with van der Waals surface area (Å²) >= 11 is 0. The summed E-state index contributed by atoms with van der Waals surface area (Å²) in [6, 6.07) is 2.73. The molecule has 1 saturated heterocycles. The van der Waals surface area contributed by atoms with Crippen LogP contribution in [0.4, 0.5) is 8.78 Å². The number of likely N-dealkylation sites (tertiary alicyclic amines) is 1. The Hall–Kier alpha value is -4.26. The van der Waals surface area contributed by atoms with Crippen LogP contribution >= 0.6 is 0 Å². The van der Waals surface area contributed by atoms with Gasteiger partial charge in [-0.3, -0.25) is 14.2 Å². The molecule has 4 aromatic heterocycles. The molecule has 0 unspecified atom stereocenters. The highest BCUT2D eigenvalue weighted by Crippen LogP contribution is 2.65. The Morgan fingerprint density at radius 1 is 1.23 bits per heavy atom. The molecule has 1 aliphatic carbocycles. The molecule has 1 N–H and O–H groups in total. The van der Waals surface area contributed by atoms with Crippen LogP contribution in [0.1, 0.15) is 47.8 Å². The Labute approximate surface area is 227 Å². The second-order valence-electron chi connectivity index (χ2n) is 10.4. The van der Waals surface area contributed by atoms with Crippen LogP contribution in [0.25, 0.3) is 17.0 Å². The van der Waals surface area contributed by atoms with Crippen molar-refractivity contribution in [2.24, 2.45) is 5.41 Å². The van der Waals surface area contributed by atoms with Gasteiger partial charge in [0.05, 0.1) is 29.6 Å². The first-order valence-electron chi connectivity index (χ1n) is 12.9. The van der Waals surface area contributed by atoms with Crippen LogP contribution < -0.4 is 0 Å². The number of aryl methyl sites for hydroxylation is 1. The van der Waals surface area contributed by atoms with Gasteiger partial charge >= 0.3 is 12.5 Å². The fraction of sp³-hybridized carbons (Fsp3) is 0.407. The lowest BCUT2D eigenvalue weighted by molar-refractivity contribution is -0.149. The quantitative estimate of drug-likeness (QED) is 0.336. The molecule has 13 heteroatoms. The molecular weight excluding hydrogens is 524 g/mol. The topological polar surface area (TPSA) is 128 Å². The first-order valence-corrected chi connectivity index (χ1v) is 12.9. The van der Waals surface area contributed by atoms with Gasteiger partial charge in [0.2, 0.25) is 11.7 Å². The summed E-state index contributed by atoms with van der Waals surface area (Å²) in [4.78, 5) is 40.7. The van der Waals surface area contributed by atoms with E-state index in [9.17, 15) is 23.5 Å². The van der Waals surface area contributed by atoms with E-state index in [1.807, 2.05) is 35.9 Å². The van der Waals surface area contributed by atoms with Gasteiger partial charge in [0.15, 0.2) is 0 Å². The average molecular weight is 552 g/mol. The number of carbonyl (C=O) groups is 2. The number of rotatable bonds is 9. The van der Waals surface area contributed by atoms with Gasteiger partial charge in [-0.05, 0) is 37.0 Å². The molecule has 2 fully saturated rings. The van der Waals surface area contributed by atoms with E-state index in [0.717, 1.165) is 34.4 Å². The van der Waals surface area contributed by atoms with E-state index in [4.69, 9.17) is 9.72 Å². The minimum Gasteiger partial charge on any atom is -0.480 e. The first kappa shape index (κ1) is 26.0. The minimum absolute atomic E-state index is 0.0616. The Balaban J connectivity index is 1.19. The molecule has 40 heavy (non-hydrogen) atoms. The lowest BCUT2D eigenvalue weighted by atomic mass is 9.96. The predicted molar refractivity (Wildman–Crippen MR) is 136 cm³/mol. The number of pyridine rings is 1. The number of alkyl halides is 2. The van der Waals surface area contributed by atoms with Gasteiger partial charge in [0, 0.05) is 62.0 Å². The monoisotopic (exact) mass is 551 g/mol. The maximum Gasteiger partial charge on any atom is 0.333 e. The van der Waals surface area contributed by atoms with Crippen LogP contribution in [-0.2, 0) is 27.4 Å². The number of amides is 1. The molecule has 1 amide bonds. The van der Waals surface area contributed by atoms with Crippen LogP contribution in [-0.4, -0.2) is 70.7 Å². The summed E-state index contributed by atoms with van der Waals surface area (Å²) in [6.45, 7) is -0.229. The maximum absolute atomic E-state index is 13.6. The van der Waals surface area contributed by atoms with Crippen molar-refractivity contribution >= 4 is 17.7 Å². The molecule has 2 aliphatic rings. The number of methoxy groups -OCH3 is 1. The van der Waals surface area contributed by atoms with Crippen molar-refractivity contribution in [3.8, 4) is 11.3 Å². The predicted octanol–water partition coefficient (Wildman–Crippen LogP) is 3.24. The molecule has 208 valence electrons. The number of hydrogen-bond acceptors (Lipinski definition) is 7. The second-order valence-corrected chi connectivity index (χ2v) is 10.4. The third kappa shape index (κ3) is 4.39. The third-order valence-electron chi connectivity index (χ3n) is 7.96. The second kappa shape index (κ2) is 9.73. The third-order valence-corrected chi connectivity index (χ3v) is 7.96. The molecule has 1 saturated carbocycles. The van der Waals surface area contributed by atoms with E-state index in [1.54, 1.807) is 13.3 Å². The number of imidazole rings is 1. The Morgan fingerprint density at radius 2 is 2.05 bits per heavy atom. The molecule has 0 aromatic carbocycles. The van der Waals surface area contributed by atoms with E-state index in [-0.39, 0.29) is 18.2 Å². The molecule has 3 atom stereocenters. The van der Waals surface area contributed by atoms with Gasteiger partial charge in [-0.1, -0.05) is 6.07 Å². The van der Waals surface area contributed by atoms with Crippen molar-refractivity contribution < 1.29 is 28.2 Å². The molecule has 0 bridgehead atoms. The molecule has 6 rings (SSSR count). The molecule has 1 spiro atoms. The molecule has 4 aromatic rings. The maximum atomic E-state index is 13.6. The summed E-state index contributed by atoms with van der Waals surface area (Å²) in [5.41, 5.74) is 3.76. The van der Waals surface area contributed by atoms with Crippen LogP contribution in [0.3, 0.4) is 0 Å². The summed E-state index contributed by atoms with van der Waals surface area (Å²) in [5.74, 6) is -0.882. The number of hydrogen-bond donors (Lipinski definition) is 1. The molecular formula is C27H27F2N7O4. The van der Waals surface area contributed by atoms with Crippen molar-refractivity contribution in [3.63, 3.8) is 0 Å². The fourth-order valence-corrected chi connectivity index (χ4v) is 5.87. The number of fused-ring (bicyclic) bond motifs is 1. The highest BCUT2D eigenvalue weighted by atomic mass is 19.3. The van der Waals surface area contributed by atoms with Crippen molar-refractivity contribution in [3.05, 3.63) is 65.6 Å².